The Morgan fingerprint density at radius 2 is 1.59 bits per heavy atom. The molecule has 0 aliphatic carbocycles. The van der Waals surface area contributed by atoms with E-state index in [4.69, 9.17) is 13.9 Å². The molecule has 11 heteroatoms. The minimum absolute atomic E-state index is 0.0661. The van der Waals surface area contributed by atoms with Gasteiger partial charge < -0.3 is 49.6 Å². The summed E-state index contributed by atoms with van der Waals surface area (Å²) in [4.78, 5) is 13.2. The fourth-order valence-electron chi connectivity index (χ4n) is 3.46. The molecule has 32 heavy (non-hydrogen) atoms. The lowest BCUT2D eigenvalue weighted by Crippen LogP contribution is -2.60. The third kappa shape index (κ3) is 3.72. The van der Waals surface area contributed by atoms with Crippen LogP contribution < -0.4 is 10.2 Å². The van der Waals surface area contributed by atoms with E-state index < -0.39 is 54.2 Å². The highest BCUT2D eigenvalue weighted by atomic mass is 16.7. The van der Waals surface area contributed by atoms with Crippen LogP contribution in [0.2, 0.25) is 0 Å². The van der Waals surface area contributed by atoms with Crippen molar-refractivity contribution in [2.45, 2.75) is 30.7 Å². The van der Waals surface area contributed by atoms with Gasteiger partial charge in [0.25, 0.3) is 0 Å². The minimum Gasteiger partial charge on any atom is -0.508 e. The summed E-state index contributed by atoms with van der Waals surface area (Å²) in [6.07, 6.45) is -8.16. The van der Waals surface area contributed by atoms with Crippen LogP contribution in [0.15, 0.2) is 45.6 Å². The van der Waals surface area contributed by atoms with Gasteiger partial charge in [-0.05, 0) is 24.3 Å². The fraction of sp³-hybridized carbons (Fsp3) is 0.286. The second kappa shape index (κ2) is 8.30. The van der Waals surface area contributed by atoms with Gasteiger partial charge in [-0.25, -0.2) is 0 Å². The molecule has 1 fully saturated rings. The molecule has 3 aromatic rings. The van der Waals surface area contributed by atoms with Crippen LogP contribution in [0, 0.1) is 0 Å². The first kappa shape index (κ1) is 21.9. The van der Waals surface area contributed by atoms with E-state index in [0.29, 0.717) is 0 Å². The Labute approximate surface area is 179 Å². The van der Waals surface area contributed by atoms with Crippen molar-refractivity contribution in [3.8, 4) is 34.3 Å². The summed E-state index contributed by atoms with van der Waals surface area (Å²) >= 11 is 0. The van der Waals surface area contributed by atoms with Crippen LogP contribution in [0.1, 0.15) is 0 Å². The molecule has 11 nitrogen and oxygen atoms in total. The smallest absolute Gasteiger partial charge is 0.239 e. The van der Waals surface area contributed by atoms with Crippen LogP contribution in [0.3, 0.4) is 0 Å². The molecule has 0 amide bonds. The van der Waals surface area contributed by atoms with Crippen LogP contribution in [-0.2, 0) is 4.74 Å². The molecular formula is C21H20O11. The van der Waals surface area contributed by atoms with Crippen LogP contribution in [-0.4, -0.2) is 73.1 Å². The Morgan fingerprint density at radius 3 is 2.25 bits per heavy atom. The van der Waals surface area contributed by atoms with E-state index in [1.54, 1.807) is 0 Å². The van der Waals surface area contributed by atoms with Crippen molar-refractivity contribution in [1.29, 1.82) is 0 Å². The maximum Gasteiger partial charge on any atom is 0.239 e. The molecule has 5 atom stereocenters. The average Bonchev–Trinajstić information content (AvgIpc) is 2.75. The molecule has 2 aromatic carbocycles. The Bertz CT molecular complexity index is 1190. The van der Waals surface area contributed by atoms with Gasteiger partial charge in [-0.1, -0.05) is 0 Å². The zero-order valence-corrected chi connectivity index (χ0v) is 16.3. The van der Waals surface area contributed by atoms with Crippen LogP contribution in [0.25, 0.3) is 22.3 Å². The second-order valence-corrected chi connectivity index (χ2v) is 7.29. The number of aliphatic hydroxyl groups excluding tert-OH is 4. The number of phenolic OH excluding ortho intramolecular Hbond substituents is 3. The zero-order valence-electron chi connectivity index (χ0n) is 16.3. The minimum atomic E-state index is -1.80. The summed E-state index contributed by atoms with van der Waals surface area (Å²) < 4.78 is 16.6. The van der Waals surface area contributed by atoms with E-state index in [9.17, 15) is 40.5 Å². The number of benzene rings is 2. The summed E-state index contributed by atoms with van der Waals surface area (Å²) in [5, 5.41) is 68.8. The van der Waals surface area contributed by atoms with E-state index in [0.717, 1.165) is 12.1 Å². The lowest BCUT2D eigenvalue weighted by Gasteiger charge is -2.39. The van der Waals surface area contributed by atoms with Gasteiger partial charge in [-0.3, -0.25) is 4.79 Å². The molecule has 1 aliphatic heterocycles. The standard InChI is InChI=1S/C21H20O11/c22-7-13-15(26)17(28)18(29)21(31-13)32-20-16(27)14-11(25)5-10(24)6-12(14)30-19(20)8-1-3-9(23)4-2-8/h1-6,13,15,17-18,21-26,28-29H,7H2/t13-,15?,17+,18-,21+/m1/s1. The first-order chi connectivity index (χ1) is 15.2. The number of aromatic hydroxyl groups is 3. The van der Waals surface area contributed by atoms with E-state index >= 15 is 0 Å². The highest BCUT2D eigenvalue weighted by molar-refractivity contribution is 5.88. The van der Waals surface area contributed by atoms with Gasteiger partial charge in [0.15, 0.2) is 5.76 Å². The molecule has 0 saturated carbocycles. The molecule has 0 spiro atoms. The van der Waals surface area contributed by atoms with Crippen molar-refractivity contribution < 1.29 is 49.6 Å². The number of hydrogen-bond donors (Lipinski definition) is 7. The Balaban J connectivity index is 1.89. The van der Waals surface area contributed by atoms with Crippen molar-refractivity contribution in [2.75, 3.05) is 6.61 Å². The molecule has 0 radical (unpaired) electrons. The Hall–Kier alpha value is -3.35. The number of fused-ring (bicyclic) bond motifs is 1. The van der Waals surface area contributed by atoms with Crippen LogP contribution in [0.4, 0.5) is 0 Å². The molecule has 4 rings (SSSR count). The van der Waals surface area contributed by atoms with Gasteiger partial charge in [0.2, 0.25) is 17.5 Å². The molecule has 1 unspecified atom stereocenters. The quantitative estimate of drug-likeness (QED) is 0.279. The normalized spacial score (nSPS) is 25.7. The van der Waals surface area contributed by atoms with E-state index in [1.165, 1.54) is 24.3 Å². The van der Waals surface area contributed by atoms with Gasteiger partial charge >= 0.3 is 0 Å². The summed E-state index contributed by atoms with van der Waals surface area (Å²) in [5.41, 5.74) is -0.801. The maximum atomic E-state index is 13.2. The highest BCUT2D eigenvalue weighted by Gasteiger charge is 2.45. The predicted octanol–water partition coefficient (Wildman–Crippen LogP) is -0.244. The van der Waals surface area contributed by atoms with E-state index in [2.05, 4.69) is 0 Å². The summed E-state index contributed by atoms with van der Waals surface area (Å²) in [7, 11) is 0. The molecule has 1 aliphatic rings. The number of hydrogen-bond acceptors (Lipinski definition) is 11. The third-order valence-corrected chi connectivity index (χ3v) is 5.13. The number of ether oxygens (including phenoxy) is 2. The molecule has 0 bridgehead atoms. The molecule has 2 heterocycles. The highest BCUT2D eigenvalue weighted by Crippen LogP contribution is 2.37. The van der Waals surface area contributed by atoms with Gasteiger partial charge in [-0.2, -0.15) is 0 Å². The van der Waals surface area contributed by atoms with Gasteiger partial charge in [0, 0.05) is 17.7 Å². The van der Waals surface area contributed by atoms with Crippen molar-refractivity contribution in [3.63, 3.8) is 0 Å². The summed E-state index contributed by atoms with van der Waals surface area (Å²) in [5.74, 6) is -1.73. The second-order valence-electron chi connectivity index (χ2n) is 7.29. The average molecular weight is 448 g/mol. The first-order valence-corrected chi connectivity index (χ1v) is 9.50. The molecule has 1 saturated heterocycles. The van der Waals surface area contributed by atoms with Crippen LogP contribution in [0.5, 0.6) is 23.0 Å². The monoisotopic (exact) mass is 448 g/mol. The lowest BCUT2D eigenvalue weighted by molar-refractivity contribution is -0.277. The Morgan fingerprint density at radius 1 is 0.906 bits per heavy atom. The fourth-order valence-corrected chi connectivity index (χ4v) is 3.46. The van der Waals surface area contributed by atoms with Gasteiger partial charge in [-0.15, -0.1) is 0 Å². The van der Waals surface area contributed by atoms with E-state index in [-0.39, 0.29) is 33.8 Å². The number of rotatable bonds is 4. The van der Waals surface area contributed by atoms with Crippen molar-refractivity contribution in [3.05, 3.63) is 46.6 Å². The van der Waals surface area contributed by atoms with Crippen LogP contribution >= 0.6 is 0 Å². The molecule has 7 N–H and O–H groups in total. The first-order valence-electron chi connectivity index (χ1n) is 9.50. The molecule has 1 aromatic heterocycles. The largest absolute Gasteiger partial charge is 0.508 e. The zero-order chi connectivity index (χ0) is 23.2. The summed E-state index contributed by atoms with van der Waals surface area (Å²) in [6.45, 7) is -0.706. The number of phenols is 3. The Kier molecular flexibility index (Phi) is 5.67. The van der Waals surface area contributed by atoms with E-state index in [1.807, 2.05) is 0 Å². The summed E-state index contributed by atoms with van der Waals surface area (Å²) in [6, 6.07) is 7.48. The van der Waals surface area contributed by atoms with Gasteiger partial charge in [0.05, 0.1) is 6.61 Å². The third-order valence-electron chi connectivity index (χ3n) is 5.13. The maximum absolute atomic E-state index is 13.2. The molecular weight excluding hydrogens is 428 g/mol. The topological polar surface area (TPSA) is 190 Å². The lowest BCUT2D eigenvalue weighted by atomic mass is 9.99. The van der Waals surface area contributed by atoms with Crippen molar-refractivity contribution in [2.24, 2.45) is 0 Å². The van der Waals surface area contributed by atoms with Crippen molar-refractivity contribution >= 4 is 11.0 Å². The van der Waals surface area contributed by atoms with Gasteiger partial charge in [0.1, 0.15) is 52.6 Å². The SMILES string of the molecule is O=c1c(O[C@@H]2O[C@H](CO)C(O)[C@H](O)[C@H]2O)c(-c2ccc(O)cc2)oc2cc(O)cc(O)c12. The van der Waals surface area contributed by atoms with Crippen molar-refractivity contribution in [1.82, 2.24) is 0 Å². The predicted molar refractivity (Wildman–Crippen MR) is 107 cm³/mol. The molecule has 170 valence electrons. The number of aliphatic hydroxyl groups is 4.